The summed E-state index contributed by atoms with van der Waals surface area (Å²) >= 11 is 12.0. The molecule has 0 heterocycles. The van der Waals surface area contributed by atoms with Crippen molar-refractivity contribution in [1.29, 1.82) is 5.26 Å². The Balaban J connectivity index is 1.94. The minimum Gasteiger partial charge on any atom is -0.385 e. The maximum atomic E-state index is 8.82. The molecule has 0 fully saturated rings. The van der Waals surface area contributed by atoms with Crippen LogP contribution < -0.4 is 5.32 Å². The number of anilines is 1. The molecule has 1 N–H and O–H groups in total. The predicted molar refractivity (Wildman–Crippen MR) is 79.8 cm³/mol. The van der Waals surface area contributed by atoms with Gasteiger partial charge in [0.05, 0.1) is 11.6 Å². The van der Waals surface area contributed by atoms with E-state index in [0.29, 0.717) is 15.6 Å². The lowest BCUT2D eigenvalue weighted by atomic mass is 10.1. The molecule has 0 aliphatic carbocycles. The fourth-order valence-electron chi connectivity index (χ4n) is 1.76. The third-order valence-electron chi connectivity index (χ3n) is 2.73. The van der Waals surface area contributed by atoms with Crippen LogP contribution in [0.1, 0.15) is 11.1 Å². The molecule has 0 aromatic heterocycles. The zero-order chi connectivity index (χ0) is 13.7. The Morgan fingerprint density at radius 1 is 1.11 bits per heavy atom. The highest BCUT2D eigenvalue weighted by Crippen LogP contribution is 2.21. The van der Waals surface area contributed by atoms with Crippen LogP contribution in [0.4, 0.5) is 5.69 Å². The molecule has 0 aliphatic rings. The first kappa shape index (κ1) is 13.7. The van der Waals surface area contributed by atoms with Gasteiger partial charge in [-0.3, -0.25) is 0 Å². The number of halogens is 2. The quantitative estimate of drug-likeness (QED) is 0.899. The van der Waals surface area contributed by atoms with Crippen LogP contribution in [0.2, 0.25) is 10.0 Å². The van der Waals surface area contributed by atoms with E-state index in [9.17, 15) is 0 Å². The van der Waals surface area contributed by atoms with Gasteiger partial charge in [0.1, 0.15) is 0 Å². The monoisotopic (exact) mass is 290 g/mol. The minimum absolute atomic E-state index is 0.642. The van der Waals surface area contributed by atoms with Gasteiger partial charge in [-0.1, -0.05) is 35.3 Å². The van der Waals surface area contributed by atoms with Crippen molar-refractivity contribution in [2.75, 3.05) is 11.9 Å². The number of benzene rings is 2. The standard InChI is InChI=1S/C15H12Cl2N2/c16-13-5-4-12(15(17)9-13)6-7-19-14-3-1-2-11(8-14)10-18/h1-5,8-9,19H,6-7H2. The van der Waals surface area contributed by atoms with Gasteiger partial charge >= 0.3 is 0 Å². The van der Waals surface area contributed by atoms with Gasteiger partial charge in [-0.05, 0) is 42.3 Å². The number of hydrogen-bond donors (Lipinski definition) is 1. The van der Waals surface area contributed by atoms with E-state index in [1.807, 2.05) is 30.3 Å². The van der Waals surface area contributed by atoms with Gasteiger partial charge in [0.15, 0.2) is 0 Å². The largest absolute Gasteiger partial charge is 0.385 e. The smallest absolute Gasteiger partial charge is 0.0992 e. The first-order chi connectivity index (χ1) is 9.19. The Morgan fingerprint density at radius 2 is 1.95 bits per heavy atom. The van der Waals surface area contributed by atoms with E-state index in [4.69, 9.17) is 28.5 Å². The Hall–Kier alpha value is -1.69. The van der Waals surface area contributed by atoms with Crippen LogP contribution in [-0.4, -0.2) is 6.54 Å². The van der Waals surface area contributed by atoms with Crippen LogP contribution in [0, 0.1) is 11.3 Å². The molecule has 0 saturated carbocycles. The van der Waals surface area contributed by atoms with Gasteiger partial charge in [-0.25, -0.2) is 0 Å². The summed E-state index contributed by atoms with van der Waals surface area (Å²) in [5.74, 6) is 0. The average Bonchev–Trinajstić information content (AvgIpc) is 2.41. The summed E-state index contributed by atoms with van der Waals surface area (Å²) < 4.78 is 0. The third-order valence-corrected chi connectivity index (χ3v) is 3.32. The first-order valence-corrected chi connectivity index (χ1v) is 6.62. The predicted octanol–water partition coefficient (Wildman–Crippen LogP) is 4.52. The molecule has 19 heavy (non-hydrogen) atoms. The molecule has 0 saturated heterocycles. The van der Waals surface area contributed by atoms with Crippen LogP contribution in [0.3, 0.4) is 0 Å². The molecule has 2 nitrogen and oxygen atoms in total. The number of hydrogen-bond acceptors (Lipinski definition) is 2. The number of rotatable bonds is 4. The van der Waals surface area contributed by atoms with E-state index < -0.39 is 0 Å². The van der Waals surface area contributed by atoms with Crippen molar-refractivity contribution in [2.24, 2.45) is 0 Å². The highest BCUT2D eigenvalue weighted by atomic mass is 35.5. The highest BCUT2D eigenvalue weighted by Gasteiger charge is 2.01. The van der Waals surface area contributed by atoms with E-state index in [0.717, 1.165) is 24.2 Å². The van der Waals surface area contributed by atoms with Crippen molar-refractivity contribution in [3.05, 3.63) is 63.6 Å². The minimum atomic E-state index is 0.642. The summed E-state index contributed by atoms with van der Waals surface area (Å²) in [6.45, 7) is 0.746. The lowest BCUT2D eigenvalue weighted by Crippen LogP contribution is -2.05. The summed E-state index contributed by atoms with van der Waals surface area (Å²) in [5, 5.41) is 13.4. The normalized spacial score (nSPS) is 9.95. The van der Waals surface area contributed by atoms with Crippen LogP contribution >= 0.6 is 23.2 Å². The molecule has 0 atom stereocenters. The van der Waals surface area contributed by atoms with E-state index in [1.54, 1.807) is 12.1 Å². The molecule has 0 radical (unpaired) electrons. The zero-order valence-electron chi connectivity index (χ0n) is 10.2. The Labute approximate surface area is 122 Å². The van der Waals surface area contributed by atoms with E-state index in [2.05, 4.69) is 11.4 Å². The van der Waals surface area contributed by atoms with Gasteiger partial charge in [0, 0.05) is 22.3 Å². The number of nitriles is 1. The SMILES string of the molecule is N#Cc1cccc(NCCc2ccc(Cl)cc2Cl)c1. The molecule has 0 spiro atoms. The Bertz CT molecular complexity index is 618. The Kier molecular flexibility index (Phi) is 4.68. The molecular weight excluding hydrogens is 279 g/mol. The molecule has 0 aliphatic heterocycles. The van der Waals surface area contributed by atoms with Crippen molar-refractivity contribution >= 4 is 28.9 Å². The second-order valence-electron chi connectivity index (χ2n) is 4.11. The molecule has 0 bridgehead atoms. The van der Waals surface area contributed by atoms with Crippen molar-refractivity contribution in [3.8, 4) is 6.07 Å². The number of nitrogens with zero attached hydrogens (tertiary/aromatic N) is 1. The first-order valence-electron chi connectivity index (χ1n) is 5.87. The maximum Gasteiger partial charge on any atom is 0.0992 e. The average molecular weight is 291 g/mol. The lowest BCUT2D eigenvalue weighted by molar-refractivity contribution is 1.02. The fraction of sp³-hybridized carbons (Fsp3) is 0.133. The lowest BCUT2D eigenvalue weighted by Gasteiger charge is -2.08. The van der Waals surface area contributed by atoms with Crippen LogP contribution in [0.25, 0.3) is 0 Å². The molecular formula is C15H12Cl2N2. The molecule has 0 amide bonds. The van der Waals surface area contributed by atoms with Crippen molar-refractivity contribution in [3.63, 3.8) is 0 Å². The molecule has 96 valence electrons. The van der Waals surface area contributed by atoms with Crippen molar-refractivity contribution in [1.82, 2.24) is 0 Å². The third kappa shape index (κ3) is 3.89. The van der Waals surface area contributed by atoms with E-state index >= 15 is 0 Å². The van der Waals surface area contributed by atoms with Crippen LogP contribution in [0.5, 0.6) is 0 Å². The van der Waals surface area contributed by atoms with Gasteiger partial charge in [0.2, 0.25) is 0 Å². The molecule has 2 aromatic rings. The van der Waals surface area contributed by atoms with E-state index in [-0.39, 0.29) is 0 Å². The number of nitrogens with one attached hydrogen (secondary N) is 1. The van der Waals surface area contributed by atoms with Gasteiger partial charge < -0.3 is 5.32 Å². The second-order valence-corrected chi connectivity index (χ2v) is 4.95. The van der Waals surface area contributed by atoms with Crippen LogP contribution in [0.15, 0.2) is 42.5 Å². The van der Waals surface area contributed by atoms with Gasteiger partial charge in [-0.2, -0.15) is 5.26 Å². The summed E-state index contributed by atoms with van der Waals surface area (Å²) in [5.41, 5.74) is 2.63. The Morgan fingerprint density at radius 3 is 2.68 bits per heavy atom. The van der Waals surface area contributed by atoms with Crippen molar-refractivity contribution in [2.45, 2.75) is 6.42 Å². The highest BCUT2D eigenvalue weighted by molar-refractivity contribution is 6.35. The zero-order valence-corrected chi connectivity index (χ0v) is 11.7. The van der Waals surface area contributed by atoms with Gasteiger partial charge in [-0.15, -0.1) is 0 Å². The summed E-state index contributed by atoms with van der Waals surface area (Å²) in [6.07, 6.45) is 0.798. The topological polar surface area (TPSA) is 35.8 Å². The van der Waals surface area contributed by atoms with Crippen LogP contribution in [-0.2, 0) is 6.42 Å². The maximum absolute atomic E-state index is 8.82. The second kappa shape index (κ2) is 6.47. The summed E-state index contributed by atoms with van der Waals surface area (Å²) in [6, 6.07) is 15.0. The molecule has 4 heteroatoms. The molecule has 2 aromatic carbocycles. The van der Waals surface area contributed by atoms with E-state index in [1.165, 1.54) is 0 Å². The molecule has 0 unspecified atom stereocenters. The van der Waals surface area contributed by atoms with Gasteiger partial charge in [0.25, 0.3) is 0 Å². The summed E-state index contributed by atoms with van der Waals surface area (Å²) in [7, 11) is 0. The molecule has 2 rings (SSSR count). The fourth-order valence-corrected chi connectivity index (χ4v) is 2.27. The van der Waals surface area contributed by atoms with Crippen molar-refractivity contribution < 1.29 is 0 Å². The summed E-state index contributed by atoms with van der Waals surface area (Å²) in [4.78, 5) is 0.